The number of esters is 1. The number of ether oxygens (including phenoxy) is 2. The summed E-state index contributed by atoms with van der Waals surface area (Å²) in [4.78, 5) is 41.0. The zero-order chi connectivity index (χ0) is 25.6. The quantitative estimate of drug-likeness (QED) is 0.572. The molecule has 7 heteroatoms. The Morgan fingerprint density at radius 1 is 1.17 bits per heavy atom. The Labute approximate surface area is 211 Å². The Balaban J connectivity index is 1.69. The Morgan fingerprint density at radius 3 is 2.56 bits per heavy atom. The molecule has 2 aliphatic heterocycles. The van der Waals surface area contributed by atoms with E-state index in [1.165, 1.54) is 7.11 Å². The zero-order valence-corrected chi connectivity index (χ0v) is 21.0. The minimum atomic E-state index is -1.22. The number of nitrogens with zero attached hydrogens (tertiary/aromatic N) is 1. The summed E-state index contributed by atoms with van der Waals surface area (Å²) in [6, 6.07) is 13.9. The van der Waals surface area contributed by atoms with Crippen LogP contribution < -0.4 is 0 Å². The largest absolute Gasteiger partial charge is 0.481 e. The molecule has 1 saturated carbocycles. The average Bonchev–Trinajstić information content (AvgIpc) is 3.70. The highest BCUT2D eigenvalue weighted by Crippen LogP contribution is 2.56. The number of carboxylic acids is 1. The SMILES string of the molecule is COC(=O)[C@@]12C[C@H](CC(=O)O)C(=O)N(Cc3cccc4ccccc34)C1=C[C@@H](C(C)C)O[C@H]2C1CC1. The zero-order valence-electron chi connectivity index (χ0n) is 21.0. The van der Waals surface area contributed by atoms with E-state index >= 15 is 0 Å². The second kappa shape index (κ2) is 9.36. The number of aliphatic carboxylic acids is 1. The number of piperidine rings is 1. The van der Waals surface area contributed by atoms with Crippen LogP contribution >= 0.6 is 0 Å². The fourth-order valence-corrected chi connectivity index (χ4v) is 6.02. The summed E-state index contributed by atoms with van der Waals surface area (Å²) in [6.45, 7) is 4.36. The second-order valence-electron chi connectivity index (χ2n) is 10.7. The molecule has 1 amide bonds. The monoisotopic (exact) mass is 491 g/mol. The number of carbonyl (C=O) groups excluding carboxylic acids is 2. The standard InChI is InChI=1S/C29H33NO6/c1-17(2)23-14-24-29(28(34)35-3,26(36-23)19-11-12-19)15-21(13-25(31)32)27(33)30(24)16-20-9-6-8-18-7-4-5-10-22(18)20/h4-10,14,17,19,21,23,26H,11-13,15-16H2,1-3H3,(H,31,32)/t21-,23-,26-,29-/m0/s1. The van der Waals surface area contributed by atoms with Gasteiger partial charge in [-0.3, -0.25) is 14.4 Å². The van der Waals surface area contributed by atoms with Crippen LogP contribution in [0.1, 0.15) is 45.1 Å². The summed E-state index contributed by atoms with van der Waals surface area (Å²) in [5.41, 5.74) is 0.323. The number of likely N-dealkylation sites (tertiary alicyclic amines) is 1. The number of benzene rings is 2. The third-order valence-electron chi connectivity index (χ3n) is 7.93. The Morgan fingerprint density at radius 2 is 1.89 bits per heavy atom. The molecule has 5 rings (SSSR count). The lowest BCUT2D eigenvalue weighted by Gasteiger charge is -2.53. The first-order valence-corrected chi connectivity index (χ1v) is 12.7. The molecule has 1 aliphatic carbocycles. The van der Waals surface area contributed by atoms with Crippen molar-refractivity contribution in [3.8, 4) is 0 Å². The Hall–Kier alpha value is -3.19. The molecule has 190 valence electrons. The normalized spacial score (nSPS) is 28.1. The first kappa shape index (κ1) is 24.5. The molecule has 0 aromatic heterocycles. The molecule has 2 aromatic rings. The number of carboxylic acid groups (broad SMARTS) is 1. The maximum Gasteiger partial charge on any atom is 0.320 e. The minimum absolute atomic E-state index is 0.0780. The molecule has 0 bridgehead atoms. The molecule has 2 aromatic carbocycles. The van der Waals surface area contributed by atoms with Crippen molar-refractivity contribution in [3.05, 3.63) is 59.8 Å². The summed E-state index contributed by atoms with van der Waals surface area (Å²) in [5.74, 6) is -2.33. The van der Waals surface area contributed by atoms with Gasteiger partial charge in [0.2, 0.25) is 5.91 Å². The summed E-state index contributed by atoms with van der Waals surface area (Å²) in [5, 5.41) is 11.7. The molecule has 0 radical (unpaired) electrons. The molecule has 2 fully saturated rings. The van der Waals surface area contributed by atoms with Crippen LogP contribution in [-0.2, 0) is 30.4 Å². The molecule has 36 heavy (non-hydrogen) atoms. The number of carbonyl (C=O) groups is 3. The first-order chi connectivity index (χ1) is 17.3. The maximum atomic E-state index is 13.9. The van der Waals surface area contributed by atoms with E-state index < -0.39 is 29.4 Å². The van der Waals surface area contributed by atoms with Crippen LogP contribution in [0.25, 0.3) is 10.8 Å². The lowest BCUT2D eigenvalue weighted by atomic mass is 9.64. The molecule has 3 aliphatic rings. The summed E-state index contributed by atoms with van der Waals surface area (Å²) in [7, 11) is 1.35. The fraction of sp³-hybridized carbons (Fsp3) is 0.483. The van der Waals surface area contributed by atoms with Gasteiger partial charge >= 0.3 is 11.9 Å². The van der Waals surface area contributed by atoms with Crippen molar-refractivity contribution < 1.29 is 29.0 Å². The van der Waals surface area contributed by atoms with Gasteiger partial charge in [0.1, 0.15) is 5.41 Å². The van der Waals surface area contributed by atoms with Crippen LogP contribution in [0.15, 0.2) is 54.2 Å². The number of methoxy groups -OCH3 is 1. The predicted molar refractivity (Wildman–Crippen MR) is 134 cm³/mol. The fourth-order valence-electron chi connectivity index (χ4n) is 6.02. The van der Waals surface area contributed by atoms with Crippen LogP contribution in [0.2, 0.25) is 0 Å². The number of hydrogen-bond donors (Lipinski definition) is 1. The lowest BCUT2D eigenvalue weighted by molar-refractivity contribution is -0.183. The van der Waals surface area contributed by atoms with Gasteiger partial charge in [-0.2, -0.15) is 0 Å². The highest BCUT2D eigenvalue weighted by atomic mass is 16.5. The molecule has 4 atom stereocenters. The minimum Gasteiger partial charge on any atom is -0.481 e. The van der Waals surface area contributed by atoms with E-state index in [0.29, 0.717) is 5.70 Å². The van der Waals surface area contributed by atoms with Crippen LogP contribution in [-0.4, -0.2) is 47.2 Å². The number of amides is 1. The van der Waals surface area contributed by atoms with Crippen molar-refractivity contribution in [1.29, 1.82) is 0 Å². The highest BCUT2D eigenvalue weighted by molar-refractivity contribution is 5.93. The van der Waals surface area contributed by atoms with E-state index in [4.69, 9.17) is 9.47 Å². The first-order valence-electron chi connectivity index (χ1n) is 12.7. The molecule has 2 heterocycles. The van der Waals surface area contributed by atoms with Gasteiger partial charge in [0.25, 0.3) is 0 Å². The lowest BCUT2D eigenvalue weighted by Crippen LogP contribution is -2.61. The maximum absolute atomic E-state index is 13.9. The number of rotatable bonds is 7. The third kappa shape index (κ3) is 4.09. The van der Waals surface area contributed by atoms with Crippen LogP contribution in [0.4, 0.5) is 0 Å². The van der Waals surface area contributed by atoms with E-state index in [9.17, 15) is 19.5 Å². The van der Waals surface area contributed by atoms with Crippen molar-refractivity contribution in [2.24, 2.45) is 23.2 Å². The Kier molecular flexibility index (Phi) is 6.37. The van der Waals surface area contributed by atoms with E-state index in [1.807, 2.05) is 48.5 Å². The van der Waals surface area contributed by atoms with Gasteiger partial charge in [-0.1, -0.05) is 56.3 Å². The molecular weight excluding hydrogens is 458 g/mol. The van der Waals surface area contributed by atoms with Gasteiger partial charge in [0, 0.05) is 5.70 Å². The molecule has 0 unspecified atom stereocenters. The Bertz CT molecular complexity index is 1230. The topological polar surface area (TPSA) is 93.1 Å². The van der Waals surface area contributed by atoms with Crippen molar-refractivity contribution >= 4 is 28.6 Å². The van der Waals surface area contributed by atoms with Crippen LogP contribution in [0.5, 0.6) is 0 Å². The summed E-state index contributed by atoms with van der Waals surface area (Å²) in [6.07, 6.45) is 2.79. The highest BCUT2D eigenvalue weighted by Gasteiger charge is 2.63. The molecule has 7 nitrogen and oxygen atoms in total. The molecule has 1 N–H and O–H groups in total. The van der Waals surface area contributed by atoms with Gasteiger partial charge in [0.05, 0.1) is 38.2 Å². The van der Waals surface area contributed by atoms with Crippen molar-refractivity contribution in [2.45, 2.75) is 58.3 Å². The predicted octanol–water partition coefficient (Wildman–Crippen LogP) is 4.54. The van der Waals surface area contributed by atoms with Gasteiger partial charge in [-0.15, -0.1) is 0 Å². The summed E-state index contributed by atoms with van der Waals surface area (Å²) >= 11 is 0. The van der Waals surface area contributed by atoms with Gasteiger partial charge in [-0.25, -0.2) is 0 Å². The van der Waals surface area contributed by atoms with Gasteiger partial charge in [0.15, 0.2) is 0 Å². The van der Waals surface area contributed by atoms with E-state index in [2.05, 4.69) is 13.8 Å². The van der Waals surface area contributed by atoms with E-state index in [0.717, 1.165) is 29.2 Å². The number of fused-ring (bicyclic) bond motifs is 2. The van der Waals surface area contributed by atoms with Crippen molar-refractivity contribution in [3.63, 3.8) is 0 Å². The van der Waals surface area contributed by atoms with E-state index in [1.54, 1.807) is 4.90 Å². The smallest absolute Gasteiger partial charge is 0.320 e. The molecular formula is C29H33NO6. The van der Waals surface area contributed by atoms with Gasteiger partial charge < -0.3 is 19.5 Å². The molecule has 1 saturated heterocycles. The second-order valence-corrected chi connectivity index (χ2v) is 10.7. The van der Waals surface area contributed by atoms with Crippen molar-refractivity contribution in [1.82, 2.24) is 4.90 Å². The van der Waals surface area contributed by atoms with Crippen LogP contribution in [0, 0.1) is 23.2 Å². The average molecular weight is 492 g/mol. The van der Waals surface area contributed by atoms with Crippen LogP contribution in [0.3, 0.4) is 0 Å². The molecule has 0 spiro atoms. The summed E-state index contributed by atoms with van der Waals surface area (Å²) < 4.78 is 11.9. The van der Waals surface area contributed by atoms with E-state index in [-0.39, 0.29) is 43.2 Å². The van der Waals surface area contributed by atoms with Gasteiger partial charge in [-0.05, 0) is 53.5 Å². The van der Waals surface area contributed by atoms with Crippen molar-refractivity contribution in [2.75, 3.05) is 7.11 Å². The third-order valence-corrected chi connectivity index (χ3v) is 7.93. The number of hydrogen-bond acceptors (Lipinski definition) is 5.